The summed E-state index contributed by atoms with van der Waals surface area (Å²) in [7, 11) is -2.60. The number of aliphatic hydroxyl groups excluding tert-OH is 1. The van der Waals surface area contributed by atoms with E-state index in [2.05, 4.69) is 22.3 Å². The van der Waals surface area contributed by atoms with Gasteiger partial charge in [0.2, 0.25) is 15.9 Å². The number of hydrogen-bond acceptors (Lipinski definition) is 7. The van der Waals surface area contributed by atoms with Gasteiger partial charge in [-0.15, -0.1) is 0 Å². The van der Waals surface area contributed by atoms with Crippen molar-refractivity contribution >= 4 is 15.9 Å². The third-order valence-corrected chi connectivity index (χ3v) is 11.4. The Kier molecular flexibility index (Phi) is 11.0. The Labute approximate surface area is 279 Å². The van der Waals surface area contributed by atoms with Gasteiger partial charge in [-0.3, -0.25) is 9.69 Å². The molecule has 3 aromatic carbocycles. The number of fused-ring (bicyclic) bond motifs is 1. The molecule has 2 heterocycles. The maximum absolute atomic E-state index is 14.5. The van der Waals surface area contributed by atoms with Gasteiger partial charge in [-0.1, -0.05) is 69.2 Å². The van der Waals surface area contributed by atoms with Crippen molar-refractivity contribution in [1.82, 2.24) is 14.5 Å². The van der Waals surface area contributed by atoms with E-state index in [0.717, 1.165) is 44.5 Å². The molecule has 3 aromatic rings. The fourth-order valence-electron chi connectivity index (χ4n) is 6.70. The minimum absolute atomic E-state index is 0.0612. The summed E-state index contributed by atoms with van der Waals surface area (Å²) in [6.07, 6.45) is 1.39. The molecule has 0 unspecified atom stereocenters. The van der Waals surface area contributed by atoms with Crippen molar-refractivity contribution in [3.63, 3.8) is 0 Å². The van der Waals surface area contributed by atoms with E-state index in [-0.39, 0.29) is 35.7 Å². The van der Waals surface area contributed by atoms with Gasteiger partial charge >= 0.3 is 0 Å². The molecule has 5 rings (SSSR count). The molecule has 1 amide bonds. The molecule has 2 aliphatic heterocycles. The zero-order valence-electron chi connectivity index (χ0n) is 28.2. The highest BCUT2D eigenvalue weighted by molar-refractivity contribution is 7.89. The van der Waals surface area contributed by atoms with Crippen molar-refractivity contribution in [2.45, 2.75) is 88.6 Å². The summed E-state index contributed by atoms with van der Waals surface area (Å²) in [4.78, 5) is 15.7. The normalized spacial score (nSPS) is 21.0. The number of sulfonamides is 1. The predicted molar refractivity (Wildman–Crippen MR) is 183 cm³/mol. The summed E-state index contributed by atoms with van der Waals surface area (Å²) in [5, 5.41) is 15.0. The largest absolute Gasteiger partial charge is 0.497 e. The molecule has 3 atom stereocenters. The lowest BCUT2D eigenvalue weighted by atomic mass is 9.85. The van der Waals surface area contributed by atoms with Crippen molar-refractivity contribution in [2.75, 3.05) is 26.7 Å². The number of ether oxygens (including phenoxy) is 2. The maximum Gasteiger partial charge on any atom is 0.243 e. The number of nitrogens with one attached hydrogen (secondary N) is 1. The number of amides is 1. The number of carbonyl (C=O) groups is 1. The summed E-state index contributed by atoms with van der Waals surface area (Å²) in [5.41, 5.74) is 1.46. The van der Waals surface area contributed by atoms with Crippen molar-refractivity contribution in [3.8, 4) is 11.5 Å². The monoisotopic (exact) mass is 663 g/mol. The van der Waals surface area contributed by atoms with E-state index in [1.807, 2.05) is 44.2 Å². The second kappa shape index (κ2) is 14.8. The number of benzene rings is 3. The number of likely N-dealkylation sites (tertiary alicyclic amines) is 1. The molecule has 47 heavy (non-hydrogen) atoms. The van der Waals surface area contributed by atoms with E-state index in [0.29, 0.717) is 17.1 Å². The van der Waals surface area contributed by atoms with Gasteiger partial charge in [0.05, 0.1) is 24.5 Å². The van der Waals surface area contributed by atoms with Crippen LogP contribution in [-0.4, -0.2) is 73.1 Å². The highest BCUT2D eigenvalue weighted by atomic mass is 32.2. The van der Waals surface area contributed by atoms with Crippen LogP contribution in [0.2, 0.25) is 0 Å². The number of methoxy groups -OCH3 is 1. The van der Waals surface area contributed by atoms with Gasteiger partial charge < -0.3 is 19.9 Å². The molecule has 10 heteroatoms. The van der Waals surface area contributed by atoms with Crippen LogP contribution in [0.4, 0.5) is 0 Å². The third kappa shape index (κ3) is 8.00. The Morgan fingerprint density at radius 2 is 1.81 bits per heavy atom. The summed E-state index contributed by atoms with van der Waals surface area (Å²) >= 11 is 0. The topological polar surface area (TPSA) is 108 Å². The van der Waals surface area contributed by atoms with Crippen LogP contribution >= 0.6 is 0 Å². The molecule has 0 aromatic heterocycles. The summed E-state index contributed by atoms with van der Waals surface area (Å²) in [5.74, 6) is 0.903. The number of carbonyl (C=O) groups excluding carboxylic acids is 1. The average molecular weight is 664 g/mol. The van der Waals surface area contributed by atoms with Crippen molar-refractivity contribution in [3.05, 3.63) is 89.5 Å². The first-order valence-electron chi connectivity index (χ1n) is 16.7. The molecule has 1 saturated heterocycles. The highest BCUT2D eigenvalue weighted by Crippen LogP contribution is 2.45. The lowest BCUT2D eigenvalue weighted by molar-refractivity contribution is -0.121. The Morgan fingerprint density at radius 1 is 1.06 bits per heavy atom. The van der Waals surface area contributed by atoms with E-state index in [1.165, 1.54) is 23.0 Å². The second-order valence-electron chi connectivity index (χ2n) is 13.4. The first kappa shape index (κ1) is 34.9. The average Bonchev–Trinajstić information content (AvgIpc) is 3.49. The summed E-state index contributed by atoms with van der Waals surface area (Å²) in [6, 6.07) is 21.3. The van der Waals surface area contributed by atoms with Crippen molar-refractivity contribution in [1.29, 1.82) is 0 Å². The fraction of sp³-hybridized carbons (Fsp3) is 0.486. The Bertz CT molecular complexity index is 1630. The van der Waals surface area contributed by atoms with E-state index >= 15 is 0 Å². The Balaban J connectivity index is 1.41. The van der Waals surface area contributed by atoms with Crippen molar-refractivity contribution in [2.24, 2.45) is 5.92 Å². The zero-order valence-corrected chi connectivity index (χ0v) is 29.0. The lowest BCUT2D eigenvalue weighted by Gasteiger charge is -2.46. The smallest absolute Gasteiger partial charge is 0.243 e. The van der Waals surface area contributed by atoms with Gasteiger partial charge in [-0.05, 0) is 61.6 Å². The molecule has 0 saturated carbocycles. The van der Waals surface area contributed by atoms with Crippen LogP contribution in [0, 0.1) is 5.92 Å². The molecular formula is C37H49N3O6S. The van der Waals surface area contributed by atoms with Gasteiger partial charge in [0, 0.05) is 43.9 Å². The van der Waals surface area contributed by atoms with Gasteiger partial charge in [0.15, 0.2) is 0 Å². The lowest BCUT2D eigenvalue weighted by Crippen LogP contribution is -2.55. The second-order valence-corrected chi connectivity index (χ2v) is 15.2. The van der Waals surface area contributed by atoms with Crippen molar-refractivity contribution < 1.29 is 27.8 Å². The van der Waals surface area contributed by atoms with Crippen LogP contribution in [0.5, 0.6) is 11.5 Å². The molecule has 0 bridgehead atoms. The fourth-order valence-corrected chi connectivity index (χ4v) is 8.42. The Hall–Kier alpha value is -3.44. The van der Waals surface area contributed by atoms with Gasteiger partial charge in [-0.25, -0.2) is 8.42 Å². The van der Waals surface area contributed by atoms with Crippen LogP contribution in [0.3, 0.4) is 0 Å². The molecule has 0 spiro atoms. The molecule has 0 aliphatic carbocycles. The minimum atomic E-state index is -4.10. The van der Waals surface area contributed by atoms with E-state index < -0.39 is 27.8 Å². The van der Waals surface area contributed by atoms with E-state index in [9.17, 15) is 18.3 Å². The molecule has 2 N–H and O–H groups in total. The van der Waals surface area contributed by atoms with Crippen LogP contribution in [-0.2, 0) is 27.8 Å². The van der Waals surface area contributed by atoms with Crippen LogP contribution in [0.25, 0.3) is 0 Å². The zero-order chi connectivity index (χ0) is 33.8. The van der Waals surface area contributed by atoms with Crippen LogP contribution in [0.1, 0.15) is 69.7 Å². The van der Waals surface area contributed by atoms with E-state index in [4.69, 9.17) is 9.47 Å². The SMILES string of the molecule is CCC(CC)CN([C@@H]1c2cc(CC(=O)N[C@@H]3CCN(Cc4ccccc4)C3)ccc2OC(C)(C)[C@H]1O)S(=O)(=O)c1cccc(OC)c1. The number of aliphatic hydroxyl groups is 1. The molecular weight excluding hydrogens is 614 g/mol. The molecule has 254 valence electrons. The third-order valence-electron chi connectivity index (χ3n) is 9.58. The number of hydrogen-bond donors (Lipinski definition) is 2. The maximum atomic E-state index is 14.5. The quantitative estimate of drug-likeness (QED) is 0.255. The first-order valence-corrected chi connectivity index (χ1v) is 18.1. The first-order chi connectivity index (χ1) is 22.4. The highest BCUT2D eigenvalue weighted by Gasteiger charge is 2.49. The van der Waals surface area contributed by atoms with Gasteiger partial charge in [-0.2, -0.15) is 4.31 Å². The molecule has 0 radical (unpaired) electrons. The Morgan fingerprint density at radius 3 is 2.51 bits per heavy atom. The van der Waals surface area contributed by atoms with E-state index in [1.54, 1.807) is 38.1 Å². The predicted octanol–water partition coefficient (Wildman–Crippen LogP) is 5.33. The van der Waals surface area contributed by atoms with Crippen LogP contribution in [0.15, 0.2) is 77.7 Å². The minimum Gasteiger partial charge on any atom is -0.497 e. The summed E-state index contributed by atoms with van der Waals surface area (Å²) < 4.78 is 42.0. The van der Waals surface area contributed by atoms with Gasteiger partial charge in [0.25, 0.3) is 0 Å². The summed E-state index contributed by atoms with van der Waals surface area (Å²) in [6.45, 7) is 10.4. The molecule has 9 nitrogen and oxygen atoms in total. The molecule has 1 fully saturated rings. The number of rotatable bonds is 13. The standard InChI is InChI=1S/C37H49N3O6S/c1-6-26(7-2)24-40(47(43,44)31-15-11-14-30(22-31)45-5)35-32-20-28(16-17-33(32)46-37(3,4)36(35)42)21-34(41)38-29-18-19-39(25-29)23-27-12-9-8-10-13-27/h8-17,20,22,26,29,35-36,42H,6-7,18-19,21,23-25H2,1-5H3,(H,38,41)/t29-,35-,36+/m1/s1. The number of nitrogens with zero attached hydrogens (tertiary/aromatic N) is 2. The van der Waals surface area contributed by atoms with Gasteiger partial charge in [0.1, 0.15) is 23.2 Å². The molecule has 2 aliphatic rings. The van der Waals surface area contributed by atoms with Crippen LogP contribution < -0.4 is 14.8 Å².